The lowest BCUT2D eigenvalue weighted by atomic mass is 9.94. The van der Waals surface area contributed by atoms with Gasteiger partial charge in [-0.25, -0.2) is 0 Å². The minimum absolute atomic E-state index is 0.000612. The molecular weight excluding hydrogens is 323 g/mol. The average Bonchev–Trinajstić information content (AvgIpc) is 3.27. The van der Waals surface area contributed by atoms with Crippen LogP contribution in [0.4, 0.5) is 13.2 Å². The molecule has 0 spiro atoms. The minimum Gasteiger partial charge on any atom is -0.406 e. The van der Waals surface area contributed by atoms with E-state index in [0.717, 1.165) is 5.56 Å². The average molecular weight is 345 g/mol. The smallest absolute Gasteiger partial charge is 0.406 e. The quantitative estimate of drug-likeness (QED) is 0.797. The summed E-state index contributed by atoms with van der Waals surface area (Å²) in [6.07, 6.45) is -2.85. The highest BCUT2D eigenvalue weighted by Crippen LogP contribution is 2.48. The van der Waals surface area contributed by atoms with Gasteiger partial charge in [0.05, 0.1) is 0 Å². The fourth-order valence-electron chi connectivity index (χ4n) is 2.73. The zero-order valence-electron chi connectivity index (χ0n) is 13.7. The number of hydrogen-bond donors (Lipinski definition) is 2. The monoisotopic (exact) mass is 345 g/mol. The van der Waals surface area contributed by atoms with Crippen LogP contribution in [0.15, 0.2) is 24.3 Å². The molecule has 134 valence electrons. The standard InChI is InChI=1S/C17H22F3NO3/c1-3-16(2,8-9-22)21-15(23)14-10-13(14)11-4-6-12(7-5-11)24-17(18,19)20/h4-7,13-14,22H,3,8-10H2,1-2H3,(H,21,23). The molecule has 0 heterocycles. The van der Waals surface area contributed by atoms with Crippen LogP contribution in [0.2, 0.25) is 0 Å². The van der Waals surface area contributed by atoms with Crippen molar-refractivity contribution in [3.05, 3.63) is 29.8 Å². The van der Waals surface area contributed by atoms with Gasteiger partial charge in [0.15, 0.2) is 0 Å². The summed E-state index contributed by atoms with van der Waals surface area (Å²) in [6.45, 7) is 3.83. The van der Waals surface area contributed by atoms with Crippen molar-refractivity contribution in [2.75, 3.05) is 6.61 Å². The number of nitrogens with one attached hydrogen (secondary N) is 1. The lowest BCUT2D eigenvalue weighted by Crippen LogP contribution is -2.47. The number of aliphatic hydroxyl groups is 1. The minimum atomic E-state index is -4.71. The molecule has 1 fully saturated rings. The van der Waals surface area contributed by atoms with Crippen LogP contribution in [0.5, 0.6) is 5.75 Å². The largest absolute Gasteiger partial charge is 0.573 e. The number of hydrogen-bond acceptors (Lipinski definition) is 3. The number of carbonyl (C=O) groups is 1. The fraction of sp³-hybridized carbons (Fsp3) is 0.588. The van der Waals surface area contributed by atoms with E-state index in [9.17, 15) is 18.0 Å². The predicted molar refractivity (Wildman–Crippen MR) is 82.5 cm³/mol. The van der Waals surface area contributed by atoms with E-state index in [1.165, 1.54) is 12.1 Å². The van der Waals surface area contributed by atoms with Gasteiger partial charge in [-0.15, -0.1) is 13.2 Å². The summed E-state index contributed by atoms with van der Waals surface area (Å²) in [7, 11) is 0. The van der Waals surface area contributed by atoms with Crippen LogP contribution in [-0.4, -0.2) is 29.5 Å². The van der Waals surface area contributed by atoms with Gasteiger partial charge in [0.25, 0.3) is 0 Å². The second-order valence-electron chi connectivity index (χ2n) is 6.44. The number of aliphatic hydroxyl groups excluding tert-OH is 1. The van der Waals surface area contributed by atoms with Gasteiger partial charge < -0.3 is 15.2 Å². The van der Waals surface area contributed by atoms with E-state index in [0.29, 0.717) is 19.3 Å². The molecule has 1 aliphatic rings. The molecule has 0 aliphatic heterocycles. The highest BCUT2D eigenvalue weighted by atomic mass is 19.4. The SMILES string of the molecule is CCC(C)(CCO)NC(=O)C1CC1c1ccc(OC(F)(F)F)cc1. The van der Waals surface area contributed by atoms with E-state index in [4.69, 9.17) is 5.11 Å². The number of rotatable bonds is 7. The number of amides is 1. The van der Waals surface area contributed by atoms with Crippen LogP contribution in [0, 0.1) is 5.92 Å². The zero-order valence-corrected chi connectivity index (χ0v) is 13.7. The van der Waals surface area contributed by atoms with Crippen molar-refractivity contribution in [3.63, 3.8) is 0 Å². The first-order valence-corrected chi connectivity index (χ1v) is 7.96. The molecule has 1 aromatic rings. The van der Waals surface area contributed by atoms with Gasteiger partial charge in [-0.05, 0) is 49.8 Å². The molecular formula is C17H22F3NO3. The maximum absolute atomic E-state index is 12.3. The lowest BCUT2D eigenvalue weighted by molar-refractivity contribution is -0.274. The summed E-state index contributed by atoms with van der Waals surface area (Å²) in [5, 5.41) is 12.1. The molecule has 2 rings (SSSR count). The molecule has 0 saturated heterocycles. The van der Waals surface area contributed by atoms with Gasteiger partial charge >= 0.3 is 6.36 Å². The molecule has 3 unspecified atom stereocenters. The van der Waals surface area contributed by atoms with Crippen LogP contribution in [-0.2, 0) is 4.79 Å². The van der Waals surface area contributed by atoms with E-state index in [2.05, 4.69) is 10.1 Å². The van der Waals surface area contributed by atoms with Crippen LogP contribution >= 0.6 is 0 Å². The highest BCUT2D eigenvalue weighted by molar-refractivity contribution is 5.83. The third kappa shape index (κ3) is 4.87. The summed E-state index contributed by atoms with van der Waals surface area (Å²) >= 11 is 0. The van der Waals surface area contributed by atoms with E-state index < -0.39 is 11.9 Å². The summed E-state index contributed by atoms with van der Waals surface area (Å²) in [6, 6.07) is 5.65. The van der Waals surface area contributed by atoms with E-state index >= 15 is 0 Å². The molecule has 0 bridgehead atoms. The normalized spacial score (nSPS) is 22.6. The number of halogens is 3. The second kappa shape index (κ2) is 7.01. The first kappa shape index (κ1) is 18.6. The first-order valence-electron chi connectivity index (χ1n) is 7.96. The Labute approximate surface area is 139 Å². The summed E-state index contributed by atoms with van der Waals surface area (Å²) in [4.78, 5) is 12.3. The molecule has 4 nitrogen and oxygen atoms in total. The summed E-state index contributed by atoms with van der Waals surface area (Å²) < 4.78 is 40.3. The van der Waals surface area contributed by atoms with Crippen molar-refractivity contribution in [1.29, 1.82) is 0 Å². The van der Waals surface area contributed by atoms with E-state index in [-0.39, 0.29) is 30.1 Å². The molecule has 2 N–H and O–H groups in total. The molecule has 0 aromatic heterocycles. The summed E-state index contributed by atoms with van der Waals surface area (Å²) in [5.74, 6) is -0.507. The van der Waals surface area contributed by atoms with Gasteiger partial charge in [0, 0.05) is 18.1 Å². The lowest BCUT2D eigenvalue weighted by Gasteiger charge is -2.29. The topological polar surface area (TPSA) is 58.6 Å². The van der Waals surface area contributed by atoms with Crippen molar-refractivity contribution in [2.24, 2.45) is 5.92 Å². The van der Waals surface area contributed by atoms with Crippen molar-refractivity contribution >= 4 is 5.91 Å². The van der Waals surface area contributed by atoms with Crippen molar-refractivity contribution in [1.82, 2.24) is 5.32 Å². The Balaban J connectivity index is 1.93. The van der Waals surface area contributed by atoms with Gasteiger partial charge in [0.1, 0.15) is 5.75 Å². The Bertz CT molecular complexity index is 573. The molecule has 1 amide bonds. The van der Waals surface area contributed by atoms with Crippen LogP contribution < -0.4 is 10.1 Å². The summed E-state index contributed by atoms with van der Waals surface area (Å²) in [5.41, 5.74) is 0.383. The maximum Gasteiger partial charge on any atom is 0.573 e. The van der Waals surface area contributed by atoms with Crippen LogP contribution in [0.25, 0.3) is 0 Å². The number of alkyl halides is 3. The Kier molecular flexibility index (Phi) is 5.42. The third-order valence-electron chi connectivity index (χ3n) is 4.54. The Hall–Kier alpha value is -1.76. The zero-order chi connectivity index (χ0) is 18.0. The fourth-order valence-corrected chi connectivity index (χ4v) is 2.73. The van der Waals surface area contributed by atoms with Gasteiger partial charge in [-0.3, -0.25) is 4.79 Å². The van der Waals surface area contributed by atoms with Crippen molar-refractivity contribution in [2.45, 2.75) is 50.9 Å². The Morgan fingerprint density at radius 1 is 1.33 bits per heavy atom. The molecule has 7 heteroatoms. The molecule has 1 aliphatic carbocycles. The van der Waals surface area contributed by atoms with Gasteiger partial charge in [-0.1, -0.05) is 19.1 Å². The van der Waals surface area contributed by atoms with Crippen molar-refractivity contribution < 1.29 is 27.8 Å². The Morgan fingerprint density at radius 2 is 1.96 bits per heavy atom. The van der Waals surface area contributed by atoms with E-state index in [1.54, 1.807) is 12.1 Å². The van der Waals surface area contributed by atoms with E-state index in [1.807, 2.05) is 13.8 Å². The van der Waals surface area contributed by atoms with Crippen molar-refractivity contribution in [3.8, 4) is 5.75 Å². The number of benzene rings is 1. The van der Waals surface area contributed by atoms with Crippen LogP contribution in [0.3, 0.4) is 0 Å². The van der Waals surface area contributed by atoms with Crippen LogP contribution in [0.1, 0.15) is 44.6 Å². The number of carbonyl (C=O) groups excluding carboxylic acids is 1. The second-order valence-corrected chi connectivity index (χ2v) is 6.44. The first-order chi connectivity index (χ1) is 11.2. The third-order valence-corrected chi connectivity index (χ3v) is 4.54. The highest BCUT2D eigenvalue weighted by Gasteiger charge is 2.45. The number of ether oxygens (including phenoxy) is 1. The van der Waals surface area contributed by atoms with Gasteiger partial charge in [0.2, 0.25) is 5.91 Å². The Morgan fingerprint density at radius 3 is 2.46 bits per heavy atom. The molecule has 24 heavy (non-hydrogen) atoms. The maximum atomic E-state index is 12.3. The van der Waals surface area contributed by atoms with Gasteiger partial charge in [-0.2, -0.15) is 0 Å². The molecule has 3 atom stereocenters. The molecule has 0 radical (unpaired) electrons. The molecule has 1 saturated carbocycles. The molecule has 1 aromatic carbocycles. The predicted octanol–water partition coefficient (Wildman–Crippen LogP) is 3.36.